The van der Waals surface area contributed by atoms with Crippen LogP contribution in [0.25, 0.3) is 11.0 Å². The zero-order valence-electron chi connectivity index (χ0n) is 17.6. The number of para-hydroxylation sites is 2. The highest BCUT2D eigenvalue weighted by Crippen LogP contribution is 2.23. The first-order valence-electron chi connectivity index (χ1n) is 10.3. The summed E-state index contributed by atoms with van der Waals surface area (Å²) in [6, 6.07) is 10.0. The SMILES string of the molecule is Cc1nc(NC2CCC(NC(=O)c3cnc4ccccc4n3)CC2)cc(N(C)C)n1. The molecule has 0 aliphatic heterocycles. The van der Waals surface area contributed by atoms with Crippen molar-refractivity contribution in [3.05, 3.63) is 48.0 Å². The molecular weight excluding hydrogens is 378 g/mol. The fraction of sp³-hybridized carbons (Fsp3) is 0.409. The molecule has 156 valence electrons. The second kappa shape index (κ2) is 8.61. The van der Waals surface area contributed by atoms with E-state index >= 15 is 0 Å². The molecule has 0 atom stereocenters. The number of aryl methyl sites for hydroxylation is 1. The predicted molar refractivity (Wildman–Crippen MR) is 118 cm³/mol. The Balaban J connectivity index is 1.32. The van der Waals surface area contributed by atoms with E-state index in [4.69, 9.17) is 0 Å². The number of nitrogens with one attached hydrogen (secondary N) is 2. The van der Waals surface area contributed by atoms with E-state index in [1.165, 1.54) is 0 Å². The third-order valence-corrected chi connectivity index (χ3v) is 5.38. The van der Waals surface area contributed by atoms with Crippen molar-refractivity contribution in [2.45, 2.75) is 44.7 Å². The van der Waals surface area contributed by atoms with Crippen LogP contribution in [0.1, 0.15) is 42.0 Å². The molecule has 0 saturated heterocycles. The summed E-state index contributed by atoms with van der Waals surface area (Å²) in [5.41, 5.74) is 1.88. The van der Waals surface area contributed by atoms with Crippen molar-refractivity contribution in [2.24, 2.45) is 0 Å². The van der Waals surface area contributed by atoms with Gasteiger partial charge in [0.2, 0.25) is 0 Å². The first-order chi connectivity index (χ1) is 14.5. The van der Waals surface area contributed by atoms with Crippen LogP contribution < -0.4 is 15.5 Å². The molecular formula is C22H27N7O. The van der Waals surface area contributed by atoms with Crippen LogP contribution in [-0.2, 0) is 0 Å². The number of carbonyl (C=O) groups is 1. The number of nitrogens with zero attached hydrogens (tertiary/aromatic N) is 5. The van der Waals surface area contributed by atoms with Crippen molar-refractivity contribution in [1.29, 1.82) is 0 Å². The lowest BCUT2D eigenvalue weighted by molar-refractivity contribution is 0.0921. The Morgan fingerprint density at radius 2 is 1.70 bits per heavy atom. The smallest absolute Gasteiger partial charge is 0.271 e. The van der Waals surface area contributed by atoms with E-state index in [1.54, 1.807) is 6.20 Å². The Morgan fingerprint density at radius 1 is 1.00 bits per heavy atom. The summed E-state index contributed by atoms with van der Waals surface area (Å²) in [6.07, 6.45) is 5.30. The molecule has 1 saturated carbocycles. The van der Waals surface area contributed by atoms with Gasteiger partial charge in [-0.05, 0) is 44.7 Å². The molecule has 1 amide bonds. The summed E-state index contributed by atoms with van der Waals surface area (Å²) in [6.45, 7) is 1.90. The minimum atomic E-state index is -0.160. The van der Waals surface area contributed by atoms with Gasteiger partial charge in [-0.3, -0.25) is 9.78 Å². The first-order valence-corrected chi connectivity index (χ1v) is 10.3. The summed E-state index contributed by atoms with van der Waals surface area (Å²) in [5.74, 6) is 2.33. The van der Waals surface area contributed by atoms with E-state index in [2.05, 4.69) is 30.6 Å². The Morgan fingerprint density at radius 3 is 2.43 bits per heavy atom. The maximum atomic E-state index is 12.6. The van der Waals surface area contributed by atoms with E-state index in [-0.39, 0.29) is 11.9 Å². The molecule has 2 aromatic heterocycles. The van der Waals surface area contributed by atoms with E-state index < -0.39 is 0 Å². The summed E-state index contributed by atoms with van der Waals surface area (Å²) in [5, 5.41) is 6.65. The van der Waals surface area contributed by atoms with Gasteiger partial charge in [0, 0.05) is 32.2 Å². The van der Waals surface area contributed by atoms with Crippen molar-refractivity contribution in [3.63, 3.8) is 0 Å². The van der Waals surface area contributed by atoms with Gasteiger partial charge in [0.25, 0.3) is 5.91 Å². The Labute approximate surface area is 176 Å². The van der Waals surface area contributed by atoms with Gasteiger partial charge in [0.05, 0.1) is 17.2 Å². The van der Waals surface area contributed by atoms with Gasteiger partial charge in [-0.25, -0.2) is 15.0 Å². The quantitative estimate of drug-likeness (QED) is 0.674. The lowest BCUT2D eigenvalue weighted by atomic mass is 9.91. The van der Waals surface area contributed by atoms with Crippen LogP contribution in [0.2, 0.25) is 0 Å². The maximum Gasteiger partial charge on any atom is 0.271 e. The minimum Gasteiger partial charge on any atom is -0.367 e. The number of fused-ring (bicyclic) bond motifs is 1. The number of anilines is 2. The molecule has 1 aliphatic rings. The molecule has 0 spiro atoms. The zero-order valence-corrected chi connectivity index (χ0v) is 17.6. The van der Waals surface area contributed by atoms with E-state index in [9.17, 15) is 4.79 Å². The Bertz CT molecular complexity index is 1040. The number of hydrogen-bond donors (Lipinski definition) is 2. The van der Waals surface area contributed by atoms with Crippen LogP contribution in [0.15, 0.2) is 36.5 Å². The van der Waals surface area contributed by atoms with Crippen molar-refractivity contribution >= 4 is 28.6 Å². The van der Waals surface area contributed by atoms with Gasteiger partial charge in [-0.2, -0.15) is 0 Å². The molecule has 2 heterocycles. The van der Waals surface area contributed by atoms with Crippen LogP contribution in [0, 0.1) is 6.92 Å². The average molecular weight is 406 g/mol. The highest BCUT2D eigenvalue weighted by molar-refractivity contribution is 5.93. The molecule has 0 radical (unpaired) electrons. The molecule has 1 aromatic carbocycles. The van der Waals surface area contributed by atoms with Crippen molar-refractivity contribution in [2.75, 3.05) is 24.3 Å². The summed E-state index contributed by atoms with van der Waals surface area (Å²) in [4.78, 5) is 32.3. The third kappa shape index (κ3) is 4.64. The fourth-order valence-corrected chi connectivity index (χ4v) is 3.77. The standard InChI is InChI=1S/C22H27N7O/c1-14-24-20(12-21(25-14)29(2)3)26-15-8-10-16(11-9-15)27-22(30)19-13-23-17-6-4-5-7-18(17)28-19/h4-7,12-13,15-16H,8-11H2,1-3H3,(H,27,30)(H,24,25,26). The van der Waals surface area contributed by atoms with E-state index in [0.29, 0.717) is 11.7 Å². The maximum absolute atomic E-state index is 12.6. The topological polar surface area (TPSA) is 95.9 Å². The Hall–Kier alpha value is -3.29. The molecule has 1 fully saturated rings. The van der Waals surface area contributed by atoms with E-state index in [0.717, 1.165) is 54.2 Å². The monoisotopic (exact) mass is 405 g/mol. The second-order valence-electron chi connectivity index (χ2n) is 7.96. The van der Waals surface area contributed by atoms with E-state index in [1.807, 2.05) is 56.3 Å². The lowest BCUT2D eigenvalue weighted by Gasteiger charge is -2.30. The second-order valence-corrected chi connectivity index (χ2v) is 7.96. The van der Waals surface area contributed by atoms with Gasteiger partial charge in [0.1, 0.15) is 23.2 Å². The molecule has 1 aliphatic carbocycles. The van der Waals surface area contributed by atoms with Gasteiger partial charge >= 0.3 is 0 Å². The molecule has 30 heavy (non-hydrogen) atoms. The molecule has 0 unspecified atom stereocenters. The summed E-state index contributed by atoms with van der Waals surface area (Å²) in [7, 11) is 3.94. The molecule has 2 N–H and O–H groups in total. The number of aromatic nitrogens is 4. The van der Waals surface area contributed by atoms with Gasteiger partial charge in [-0.1, -0.05) is 12.1 Å². The van der Waals surface area contributed by atoms with Crippen molar-refractivity contribution < 1.29 is 4.79 Å². The fourth-order valence-electron chi connectivity index (χ4n) is 3.77. The summed E-state index contributed by atoms with van der Waals surface area (Å²) >= 11 is 0. The number of hydrogen-bond acceptors (Lipinski definition) is 7. The van der Waals surface area contributed by atoms with Gasteiger partial charge in [-0.15, -0.1) is 0 Å². The van der Waals surface area contributed by atoms with Crippen molar-refractivity contribution in [1.82, 2.24) is 25.3 Å². The number of carbonyl (C=O) groups excluding carboxylic acids is 1. The van der Waals surface area contributed by atoms with Crippen molar-refractivity contribution in [3.8, 4) is 0 Å². The predicted octanol–water partition coefficient (Wildman–Crippen LogP) is 2.95. The largest absolute Gasteiger partial charge is 0.367 e. The highest BCUT2D eigenvalue weighted by atomic mass is 16.1. The van der Waals surface area contributed by atoms with Gasteiger partial charge < -0.3 is 15.5 Å². The van der Waals surface area contributed by atoms with Crippen LogP contribution in [0.5, 0.6) is 0 Å². The van der Waals surface area contributed by atoms with Gasteiger partial charge in [0.15, 0.2) is 0 Å². The van der Waals surface area contributed by atoms with Crippen LogP contribution in [0.4, 0.5) is 11.6 Å². The summed E-state index contributed by atoms with van der Waals surface area (Å²) < 4.78 is 0. The molecule has 4 rings (SSSR count). The molecule has 3 aromatic rings. The first kappa shape index (κ1) is 20.0. The molecule has 0 bridgehead atoms. The van der Waals surface area contributed by atoms with Crippen LogP contribution in [-0.4, -0.2) is 52.0 Å². The van der Waals surface area contributed by atoms with Crippen LogP contribution >= 0.6 is 0 Å². The lowest BCUT2D eigenvalue weighted by Crippen LogP contribution is -2.40. The number of benzene rings is 1. The minimum absolute atomic E-state index is 0.147. The Kier molecular flexibility index (Phi) is 5.74. The van der Waals surface area contributed by atoms with Crippen LogP contribution in [0.3, 0.4) is 0 Å². The molecule has 8 nitrogen and oxygen atoms in total. The average Bonchev–Trinajstić information content (AvgIpc) is 2.74. The number of rotatable bonds is 5. The normalized spacial score (nSPS) is 18.8. The zero-order chi connectivity index (χ0) is 21.1. The number of amides is 1. The molecule has 8 heteroatoms. The third-order valence-electron chi connectivity index (χ3n) is 5.38. The highest BCUT2D eigenvalue weighted by Gasteiger charge is 2.24.